The minimum absolute atomic E-state index is 0.0725. The first-order valence-corrected chi connectivity index (χ1v) is 16.4. The number of fused-ring (bicyclic) bond motifs is 1. The molecule has 0 radical (unpaired) electrons. The normalized spacial score (nSPS) is 15.5. The molecule has 0 aliphatic carbocycles. The summed E-state index contributed by atoms with van der Waals surface area (Å²) in [5, 5.41) is 3.44. The highest BCUT2D eigenvalue weighted by Gasteiger charge is 2.29. The fourth-order valence-corrected chi connectivity index (χ4v) is 8.83. The van der Waals surface area contributed by atoms with Crippen molar-refractivity contribution in [3.05, 3.63) is 108 Å². The standard InChI is InChI=1S/C30H28N2O6S3/c1-30(2)19-21-11-14-23(38-3)17-25(21)26(31-30)18-27(33)20-9-12-22(13-10-20)32-41(36,37)29-16-15-28(39-29)40(34,35)24-7-5-4-6-8-24/h4-18,31-32H,19H2,1-3H3. The van der Waals surface area contributed by atoms with Crippen molar-refractivity contribution >= 4 is 48.4 Å². The Morgan fingerprint density at radius 2 is 1.61 bits per heavy atom. The van der Waals surface area contributed by atoms with Gasteiger partial charge in [0.15, 0.2) is 5.78 Å². The molecular weight excluding hydrogens is 581 g/mol. The Morgan fingerprint density at radius 3 is 2.29 bits per heavy atom. The van der Waals surface area contributed by atoms with Gasteiger partial charge in [-0.25, -0.2) is 16.8 Å². The fraction of sp³-hybridized carbons (Fsp3) is 0.167. The van der Waals surface area contributed by atoms with Crippen molar-refractivity contribution in [1.29, 1.82) is 0 Å². The van der Waals surface area contributed by atoms with E-state index in [4.69, 9.17) is 4.74 Å². The number of rotatable bonds is 8. The number of allylic oxidation sites excluding steroid dienone is 1. The van der Waals surface area contributed by atoms with E-state index < -0.39 is 19.9 Å². The van der Waals surface area contributed by atoms with Crippen molar-refractivity contribution in [3.63, 3.8) is 0 Å². The highest BCUT2D eigenvalue weighted by Crippen LogP contribution is 2.33. The van der Waals surface area contributed by atoms with Gasteiger partial charge in [0.2, 0.25) is 9.84 Å². The number of nitrogens with one attached hydrogen (secondary N) is 2. The van der Waals surface area contributed by atoms with E-state index in [-0.39, 0.29) is 30.3 Å². The lowest BCUT2D eigenvalue weighted by molar-refractivity contribution is 0.104. The van der Waals surface area contributed by atoms with Crippen LogP contribution in [0.15, 0.2) is 104 Å². The monoisotopic (exact) mass is 608 g/mol. The number of sulfone groups is 1. The van der Waals surface area contributed by atoms with E-state index in [1.165, 1.54) is 48.5 Å². The third-order valence-electron chi connectivity index (χ3n) is 6.55. The number of benzene rings is 3. The number of ether oxygens (including phenoxy) is 1. The van der Waals surface area contributed by atoms with Crippen molar-refractivity contribution < 1.29 is 26.4 Å². The lowest BCUT2D eigenvalue weighted by Gasteiger charge is -2.35. The maximum Gasteiger partial charge on any atom is 0.271 e. The molecule has 0 fully saturated rings. The molecule has 1 aliphatic heterocycles. The number of sulfonamides is 1. The molecule has 0 saturated carbocycles. The molecule has 0 unspecified atom stereocenters. The molecule has 0 amide bonds. The fourth-order valence-electron chi connectivity index (χ4n) is 4.58. The van der Waals surface area contributed by atoms with Crippen LogP contribution >= 0.6 is 11.3 Å². The Bertz CT molecular complexity index is 1860. The molecule has 41 heavy (non-hydrogen) atoms. The van der Waals surface area contributed by atoms with Crippen LogP contribution < -0.4 is 14.8 Å². The third kappa shape index (κ3) is 6.07. The summed E-state index contributed by atoms with van der Waals surface area (Å²) in [6, 6.07) is 22.2. The molecular formula is C30H28N2O6S3. The predicted molar refractivity (Wildman–Crippen MR) is 160 cm³/mol. The molecule has 0 bridgehead atoms. The Morgan fingerprint density at radius 1 is 0.927 bits per heavy atom. The minimum Gasteiger partial charge on any atom is -0.497 e. The maximum atomic E-state index is 13.2. The molecule has 0 saturated heterocycles. The number of carbonyl (C=O) groups is 1. The van der Waals surface area contributed by atoms with Crippen molar-refractivity contribution in [3.8, 4) is 5.75 Å². The van der Waals surface area contributed by atoms with E-state index in [2.05, 4.69) is 23.9 Å². The van der Waals surface area contributed by atoms with Crippen molar-refractivity contribution in [2.24, 2.45) is 0 Å². The topological polar surface area (TPSA) is 119 Å². The highest BCUT2D eigenvalue weighted by atomic mass is 32.3. The first-order valence-electron chi connectivity index (χ1n) is 12.6. The lowest BCUT2D eigenvalue weighted by atomic mass is 9.85. The largest absolute Gasteiger partial charge is 0.497 e. The Balaban J connectivity index is 1.34. The van der Waals surface area contributed by atoms with Gasteiger partial charge in [0.1, 0.15) is 14.2 Å². The number of ketones is 1. The predicted octanol–water partition coefficient (Wildman–Crippen LogP) is 5.54. The van der Waals surface area contributed by atoms with Crippen LogP contribution in [0, 0.1) is 0 Å². The van der Waals surface area contributed by atoms with E-state index >= 15 is 0 Å². The SMILES string of the molecule is COc1ccc2c(c1)C(=CC(=O)c1ccc(NS(=O)(=O)c3ccc(S(=O)(=O)c4ccccc4)s3)cc1)NC(C)(C)C2. The zero-order valence-electron chi connectivity index (χ0n) is 22.5. The average Bonchev–Trinajstić information content (AvgIpc) is 3.46. The molecule has 1 aromatic heterocycles. The van der Waals surface area contributed by atoms with E-state index in [0.29, 0.717) is 28.3 Å². The number of thiophene rings is 1. The molecule has 11 heteroatoms. The van der Waals surface area contributed by atoms with Gasteiger partial charge in [-0.3, -0.25) is 9.52 Å². The lowest BCUT2D eigenvalue weighted by Crippen LogP contribution is -2.43. The van der Waals surface area contributed by atoms with E-state index in [1.807, 2.05) is 18.2 Å². The summed E-state index contributed by atoms with van der Waals surface area (Å²) < 4.78 is 59.3. The summed E-state index contributed by atoms with van der Waals surface area (Å²) in [5.74, 6) is 0.443. The van der Waals surface area contributed by atoms with E-state index in [1.54, 1.807) is 31.4 Å². The van der Waals surface area contributed by atoms with Crippen molar-refractivity contribution in [2.75, 3.05) is 11.8 Å². The van der Waals surface area contributed by atoms with Crippen LogP contribution in [0.2, 0.25) is 0 Å². The smallest absolute Gasteiger partial charge is 0.271 e. The van der Waals surface area contributed by atoms with Gasteiger partial charge in [0.05, 0.1) is 12.0 Å². The van der Waals surface area contributed by atoms with Gasteiger partial charge in [0, 0.05) is 34.1 Å². The number of hydrogen-bond donors (Lipinski definition) is 2. The zero-order chi connectivity index (χ0) is 29.4. The van der Waals surface area contributed by atoms with Crippen molar-refractivity contribution in [1.82, 2.24) is 5.32 Å². The third-order valence-corrected chi connectivity index (χ3v) is 11.8. The number of anilines is 1. The summed E-state index contributed by atoms with van der Waals surface area (Å²) in [6.45, 7) is 4.13. The van der Waals surface area contributed by atoms with Crippen LogP contribution in [-0.2, 0) is 26.3 Å². The van der Waals surface area contributed by atoms with Crippen LogP contribution in [-0.4, -0.2) is 35.3 Å². The molecule has 3 aromatic carbocycles. The number of carbonyl (C=O) groups excluding carboxylic acids is 1. The Labute approximate surface area is 243 Å². The summed E-state index contributed by atoms with van der Waals surface area (Å²) in [6.07, 6.45) is 2.33. The first-order chi connectivity index (χ1) is 19.4. The van der Waals surface area contributed by atoms with Crippen LogP contribution in [0.5, 0.6) is 5.75 Å². The first kappa shape index (κ1) is 28.6. The molecule has 2 heterocycles. The molecule has 5 rings (SSSR count). The molecule has 1 aliphatic rings. The van der Waals surface area contributed by atoms with Gasteiger partial charge in [-0.15, -0.1) is 11.3 Å². The van der Waals surface area contributed by atoms with Gasteiger partial charge in [0.25, 0.3) is 10.0 Å². The molecule has 212 valence electrons. The summed E-state index contributed by atoms with van der Waals surface area (Å²) in [5.41, 5.74) is 3.05. The summed E-state index contributed by atoms with van der Waals surface area (Å²) in [4.78, 5) is 13.3. The van der Waals surface area contributed by atoms with Gasteiger partial charge in [-0.1, -0.05) is 24.3 Å². The Hall–Kier alpha value is -3.93. The van der Waals surface area contributed by atoms with Crippen molar-refractivity contribution in [2.45, 2.75) is 39.1 Å². The van der Waals surface area contributed by atoms with Crippen LogP contribution in [0.1, 0.15) is 35.3 Å². The van der Waals surface area contributed by atoms with Crippen LogP contribution in [0.4, 0.5) is 5.69 Å². The quantitative estimate of drug-likeness (QED) is 0.199. The second-order valence-electron chi connectivity index (χ2n) is 10.2. The van der Waals surface area contributed by atoms with Gasteiger partial charge >= 0.3 is 0 Å². The van der Waals surface area contributed by atoms with Crippen LogP contribution in [0.3, 0.4) is 0 Å². The molecule has 8 nitrogen and oxygen atoms in total. The molecule has 0 spiro atoms. The van der Waals surface area contributed by atoms with Crippen LogP contribution in [0.25, 0.3) is 5.70 Å². The number of hydrogen-bond acceptors (Lipinski definition) is 8. The maximum absolute atomic E-state index is 13.2. The molecule has 4 aromatic rings. The second-order valence-corrected chi connectivity index (χ2v) is 15.4. The van der Waals surface area contributed by atoms with E-state index in [9.17, 15) is 21.6 Å². The number of methoxy groups -OCH3 is 1. The molecule has 0 atom stereocenters. The van der Waals surface area contributed by atoms with E-state index in [0.717, 1.165) is 17.5 Å². The van der Waals surface area contributed by atoms with Gasteiger partial charge < -0.3 is 10.1 Å². The van der Waals surface area contributed by atoms with Gasteiger partial charge in [-0.2, -0.15) is 0 Å². The average molecular weight is 609 g/mol. The molecule has 2 N–H and O–H groups in total. The highest BCUT2D eigenvalue weighted by molar-refractivity contribution is 7.96. The summed E-state index contributed by atoms with van der Waals surface area (Å²) >= 11 is 0.669. The zero-order valence-corrected chi connectivity index (χ0v) is 25.0. The van der Waals surface area contributed by atoms with Gasteiger partial charge in [-0.05, 0) is 86.5 Å². The summed E-state index contributed by atoms with van der Waals surface area (Å²) in [7, 11) is -6.30. The minimum atomic E-state index is -4.06. The Kier molecular flexibility index (Phi) is 7.54. The second kappa shape index (κ2) is 10.8.